The van der Waals surface area contributed by atoms with Crippen LogP contribution in [0.25, 0.3) is 0 Å². The van der Waals surface area contributed by atoms with Crippen LogP contribution in [0.2, 0.25) is 0 Å². The summed E-state index contributed by atoms with van der Waals surface area (Å²) in [4.78, 5) is 18.0. The molecule has 0 aromatic carbocycles. The molecule has 2 heterocycles. The van der Waals surface area contributed by atoms with Gasteiger partial charge in [-0.2, -0.15) is 0 Å². The zero-order chi connectivity index (χ0) is 17.7. The van der Waals surface area contributed by atoms with E-state index in [9.17, 15) is 22.9 Å². The molecule has 0 saturated heterocycles. The second-order valence-corrected chi connectivity index (χ2v) is 7.28. The minimum atomic E-state index is -4.72. The van der Waals surface area contributed by atoms with Crippen LogP contribution in [0.1, 0.15) is 45.8 Å². The number of aldehydes is 1. The third kappa shape index (κ3) is 6.52. The van der Waals surface area contributed by atoms with Crippen molar-refractivity contribution in [3.63, 3.8) is 0 Å². The smallest absolute Gasteiger partial charge is 0.746 e. The molecule has 1 aliphatic rings. The van der Waals surface area contributed by atoms with Crippen LogP contribution in [0, 0.1) is 0 Å². The Bertz CT molecular complexity index is 830. The molecule has 2 aromatic rings. The predicted octanol–water partition coefficient (Wildman–Crippen LogP) is -0.844. The van der Waals surface area contributed by atoms with Crippen molar-refractivity contribution in [3.05, 3.63) is 58.1 Å². The molecular formula is C15H14BrN2NaO5S. The van der Waals surface area contributed by atoms with E-state index in [4.69, 9.17) is 0 Å². The maximum absolute atomic E-state index is 10.7. The van der Waals surface area contributed by atoms with E-state index in [-0.39, 0.29) is 41.0 Å². The van der Waals surface area contributed by atoms with E-state index in [0.717, 1.165) is 19.1 Å². The van der Waals surface area contributed by atoms with Gasteiger partial charge in [0.05, 0.1) is 5.69 Å². The minimum Gasteiger partial charge on any atom is -0.746 e. The molecule has 1 unspecified atom stereocenters. The number of pyridine rings is 2. The Kier molecular flexibility index (Phi) is 8.82. The van der Waals surface area contributed by atoms with Crippen molar-refractivity contribution in [1.29, 1.82) is 0 Å². The first-order valence-electron chi connectivity index (χ1n) is 6.98. The summed E-state index contributed by atoms with van der Waals surface area (Å²) in [6.07, 6.45) is 5.76. The summed E-state index contributed by atoms with van der Waals surface area (Å²) in [5, 5.41) is 9.37. The number of aliphatic hydroxyl groups excluding tert-OH is 1. The van der Waals surface area contributed by atoms with Crippen LogP contribution >= 0.6 is 15.9 Å². The number of hydrogen-bond donors (Lipinski definition) is 1. The quantitative estimate of drug-likeness (QED) is 0.287. The second kappa shape index (κ2) is 9.86. The average Bonchev–Trinajstić information content (AvgIpc) is 3.39. The molecule has 0 radical (unpaired) electrons. The van der Waals surface area contributed by atoms with Crippen LogP contribution in [-0.2, 0) is 10.1 Å². The first-order valence-corrected chi connectivity index (χ1v) is 9.24. The van der Waals surface area contributed by atoms with Gasteiger partial charge in [0.15, 0.2) is 11.7 Å². The minimum absolute atomic E-state index is 0. The van der Waals surface area contributed by atoms with Crippen molar-refractivity contribution in [2.24, 2.45) is 0 Å². The Labute approximate surface area is 176 Å². The Balaban J connectivity index is 0.000000270. The van der Waals surface area contributed by atoms with Crippen LogP contribution < -0.4 is 29.6 Å². The molecule has 128 valence electrons. The number of aromatic nitrogens is 2. The Morgan fingerprint density at radius 2 is 1.84 bits per heavy atom. The monoisotopic (exact) mass is 436 g/mol. The van der Waals surface area contributed by atoms with Gasteiger partial charge >= 0.3 is 29.6 Å². The van der Waals surface area contributed by atoms with Crippen molar-refractivity contribution in [2.45, 2.75) is 24.2 Å². The molecule has 2 aromatic heterocycles. The van der Waals surface area contributed by atoms with Gasteiger partial charge in [0.2, 0.25) is 0 Å². The van der Waals surface area contributed by atoms with E-state index in [2.05, 4.69) is 25.9 Å². The van der Waals surface area contributed by atoms with Crippen LogP contribution in [0.15, 0.2) is 41.3 Å². The average molecular weight is 437 g/mol. The number of hydrogen-bond acceptors (Lipinski definition) is 7. The van der Waals surface area contributed by atoms with Crippen molar-refractivity contribution in [2.75, 3.05) is 0 Å². The summed E-state index contributed by atoms with van der Waals surface area (Å²) in [5.74, 6) is 0.192. The molecule has 7 nitrogen and oxygen atoms in total. The summed E-state index contributed by atoms with van der Waals surface area (Å²) in [5.41, 5.74) is -0.765. The van der Waals surface area contributed by atoms with Crippen molar-refractivity contribution < 1.29 is 52.4 Å². The van der Waals surface area contributed by atoms with Gasteiger partial charge in [0.1, 0.15) is 14.7 Å². The zero-order valence-electron chi connectivity index (χ0n) is 13.4. The molecule has 10 heteroatoms. The molecule has 0 aliphatic heterocycles. The summed E-state index contributed by atoms with van der Waals surface area (Å²) in [6, 6.07) is 6.36. The molecule has 1 aliphatic carbocycles. The second-order valence-electron chi connectivity index (χ2n) is 5.10. The van der Waals surface area contributed by atoms with Crippen LogP contribution in [-0.4, -0.2) is 34.3 Å². The van der Waals surface area contributed by atoms with Gasteiger partial charge in [-0.1, -0.05) is 6.07 Å². The van der Waals surface area contributed by atoms with E-state index in [1.165, 1.54) is 18.3 Å². The van der Waals surface area contributed by atoms with Crippen LogP contribution in [0.3, 0.4) is 0 Å². The van der Waals surface area contributed by atoms with E-state index in [1.54, 1.807) is 18.3 Å². The first-order chi connectivity index (χ1) is 11.3. The van der Waals surface area contributed by atoms with Gasteiger partial charge in [0, 0.05) is 29.4 Å². The third-order valence-electron chi connectivity index (χ3n) is 3.29. The molecule has 1 fully saturated rings. The number of halogens is 1. The summed E-state index contributed by atoms with van der Waals surface area (Å²) in [6.45, 7) is 0. The largest absolute Gasteiger partial charge is 1.00 e. The number of carbonyl (C=O) groups excluding carboxylic acids is 1. The fourth-order valence-electron chi connectivity index (χ4n) is 1.98. The Morgan fingerprint density at radius 1 is 1.24 bits per heavy atom. The molecular weight excluding hydrogens is 423 g/mol. The standard InChI is InChI=1S/C9H11NO4S.C6H4BrNO.Na/c11-9(15(12,13)14)7-2-1-5-10-8(7)6-3-4-6;7-6-5(4-9)2-1-3-8-6;/h1-2,5-6,9,11H,3-4H2,(H,12,13,14);1-4H;/q;;+1/p-1. The van der Waals surface area contributed by atoms with Crippen LogP contribution in [0.4, 0.5) is 0 Å². The Morgan fingerprint density at radius 3 is 2.32 bits per heavy atom. The molecule has 3 rings (SSSR count). The van der Waals surface area contributed by atoms with E-state index >= 15 is 0 Å². The van der Waals surface area contributed by atoms with Crippen molar-refractivity contribution in [1.82, 2.24) is 9.97 Å². The molecule has 1 saturated carbocycles. The molecule has 25 heavy (non-hydrogen) atoms. The molecule has 1 atom stereocenters. The van der Waals surface area contributed by atoms with Gasteiger partial charge in [-0.3, -0.25) is 9.78 Å². The van der Waals surface area contributed by atoms with Gasteiger partial charge in [-0.15, -0.1) is 0 Å². The maximum atomic E-state index is 10.7. The molecule has 0 bridgehead atoms. The maximum Gasteiger partial charge on any atom is 1.00 e. The summed E-state index contributed by atoms with van der Waals surface area (Å²) in [7, 11) is -4.72. The number of carbonyl (C=O) groups is 1. The molecule has 0 amide bonds. The van der Waals surface area contributed by atoms with Crippen LogP contribution in [0.5, 0.6) is 0 Å². The first kappa shape index (κ1) is 22.4. The van der Waals surface area contributed by atoms with Crippen molar-refractivity contribution >= 4 is 32.3 Å². The molecule has 1 N–H and O–H groups in total. The zero-order valence-corrected chi connectivity index (χ0v) is 17.8. The fraction of sp³-hybridized carbons (Fsp3) is 0.267. The summed E-state index contributed by atoms with van der Waals surface area (Å²) < 4.78 is 32.7. The number of rotatable bonds is 4. The fourth-order valence-corrected chi connectivity index (χ4v) is 2.83. The van der Waals surface area contributed by atoms with Gasteiger partial charge < -0.3 is 9.66 Å². The SMILES string of the molecule is O=Cc1cccnc1Br.O=S(=O)([O-])C(O)c1cccnc1C1CC1.[Na+]. The van der Waals surface area contributed by atoms with E-state index in [0.29, 0.717) is 15.9 Å². The predicted molar refractivity (Wildman–Crippen MR) is 88.2 cm³/mol. The molecule has 0 spiro atoms. The van der Waals surface area contributed by atoms with E-state index < -0.39 is 15.6 Å². The number of nitrogens with zero attached hydrogens (tertiary/aromatic N) is 2. The van der Waals surface area contributed by atoms with Gasteiger partial charge in [-0.05, 0) is 47.0 Å². The van der Waals surface area contributed by atoms with E-state index in [1.807, 2.05) is 0 Å². The van der Waals surface area contributed by atoms with Gasteiger partial charge in [0.25, 0.3) is 0 Å². The normalized spacial score (nSPS) is 14.5. The third-order valence-corrected chi connectivity index (χ3v) is 4.75. The Hall–Kier alpha value is -0.680. The summed E-state index contributed by atoms with van der Waals surface area (Å²) >= 11 is 3.11. The van der Waals surface area contributed by atoms with Gasteiger partial charge in [-0.25, -0.2) is 13.4 Å². The number of aliphatic hydroxyl groups is 1. The topological polar surface area (TPSA) is 120 Å². The van der Waals surface area contributed by atoms with Crippen molar-refractivity contribution in [3.8, 4) is 0 Å².